The van der Waals surface area contributed by atoms with Gasteiger partial charge in [0.2, 0.25) is 0 Å². The molecule has 0 bridgehead atoms. The van der Waals surface area contributed by atoms with Gasteiger partial charge in [-0.3, -0.25) is 0 Å². The van der Waals surface area contributed by atoms with E-state index in [1.54, 1.807) is 0 Å². The number of hydrogen-bond donors (Lipinski definition) is 0. The van der Waals surface area contributed by atoms with Crippen LogP contribution in [-0.2, 0) is 28.4 Å². The summed E-state index contributed by atoms with van der Waals surface area (Å²) in [7, 11) is 0. The minimum atomic E-state index is 0.583. The van der Waals surface area contributed by atoms with E-state index in [0.29, 0.717) is 66.1 Å². The maximum absolute atomic E-state index is 5.68. The summed E-state index contributed by atoms with van der Waals surface area (Å²) in [6, 6.07) is 0. The Bertz CT molecular complexity index is 405. The third kappa shape index (κ3) is 40.5. The first-order valence-corrected chi connectivity index (χ1v) is 19.0. The molecule has 248 valence electrons. The lowest BCUT2D eigenvalue weighted by atomic mass is 10.0. The van der Waals surface area contributed by atoms with Gasteiger partial charge in [0.15, 0.2) is 0 Å². The fourth-order valence-corrected chi connectivity index (χ4v) is 5.15. The second kappa shape index (κ2) is 40.5. The van der Waals surface area contributed by atoms with E-state index in [9.17, 15) is 0 Å². The van der Waals surface area contributed by atoms with E-state index < -0.39 is 0 Å². The number of halogens is 1. The van der Waals surface area contributed by atoms with E-state index in [1.807, 2.05) is 0 Å². The minimum Gasteiger partial charge on any atom is -0.379 e. The zero-order valence-electron chi connectivity index (χ0n) is 27.2. The summed E-state index contributed by atoms with van der Waals surface area (Å²) in [5, 5.41) is 0. The average molecular weight is 701 g/mol. The number of unbranched alkanes of at least 4 members (excludes halogenated alkanes) is 18. The molecule has 0 N–H and O–H groups in total. The van der Waals surface area contributed by atoms with Crippen LogP contribution < -0.4 is 0 Å². The van der Waals surface area contributed by atoms with Crippen LogP contribution in [-0.4, -0.2) is 83.7 Å². The molecule has 0 aliphatic heterocycles. The van der Waals surface area contributed by atoms with Gasteiger partial charge in [0.25, 0.3) is 0 Å². The number of hydrogen-bond acceptors (Lipinski definition) is 6. The third-order valence-corrected chi connectivity index (χ3v) is 7.94. The Morgan fingerprint density at radius 2 is 0.488 bits per heavy atom. The van der Waals surface area contributed by atoms with Gasteiger partial charge >= 0.3 is 0 Å². The molecule has 0 aromatic carbocycles. The molecule has 0 unspecified atom stereocenters. The van der Waals surface area contributed by atoms with Gasteiger partial charge in [-0.2, -0.15) is 0 Å². The third-order valence-electron chi connectivity index (χ3n) is 7.17. The second-order valence-electron chi connectivity index (χ2n) is 11.1. The van der Waals surface area contributed by atoms with Crippen molar-refractivity contribution < 1.29 is 28.4 Å². The highest BCUT2D eigenvalue weighted by Crippen LogP contribution is 2.13. The molecular weight excluding hydrogens is 631 g/mol. The monoisotopic (exact) mass is 700 g/mol. The molecule has 0 rings (SSSR count). The average Bonchev–Trinajstić information content (AvgIpc) is 2.98. The number of rotatable bonds is 38. The molecule has 0 atom stereocenters. The zero-order chi connectivity index (χ0) is 29.6. The molecule has 0 saturated heterocycles. The first-order valence-electron chi connectivity index (χ1n) is 17.4. The smallest absolute Gasteiger partial charge is 0.0701 e. The highest BCUT2D eigenvalue weighted by molar-refractivity contribution is 14.1. The van der Waals surface area contributed by atoms with Crippen LogP contribution in [0, 0.1) is 0 Å². The van der Waals surface area contributed by atoms with Crippen molar-refractivity contribution >= 4 is 22.6 Å². The Morgan fingerprint density at radius 1 is 0.268 bits per heavy atom. The molecule has 0 aliphatic rings. The highest BCUT2D eigenvalue weighted by atomic mass is 127. The van der Waals surface area contributed by atoms with E-state index in [-0.39, 0.29) is 0 Å². The molecule has 0 aromatic rings. The van der Waals surface area contributed by atoms with Crippen LogP contribution in [0.25, 0.3) is 0 Å². The van der Waals surface area contributed by atoms with Crippen LogP contribution in [0.5, 0.6) is 0 Å². The van der Waals surface area contributed by atoms with Crippen molar-refractivity contribution in [2.45, 2.75) is 135 Å². The number of alkyl halides is 1. The maximum atomic E-state index is 5.68. The summed E-state index contributed by atoms with van der Waals surface area (Å²) in [4.78, 5) is 0. The van der Waals surface area contributed by atoms with E-state index in [4.69, 9.17) is 28.4 Å². The molecule has 0 amide bonds. The van der Waals surface area contributed by atoms with Crippen LogP contribution in [0.1, 0.15) is 135 Å². The zero-order valence-corrected chi connectivity index (χ0v) is 29.3. The van der Waals surface area contributed by atoms with Gasteiger partial charge in [-0.1, -0.05) is 139 Å². The molecule has 41 heavy (non-hydrogen) atoms. The molecule has 0 saturated carbocycles. The topological polar surface area (TPSA) is 55.4 Å². The highest BCUT2D eigenvalue weighted by Gasteiger charge is 1.97. The molecule has 6 nitrogen and oxygen atoms in total. The lowest BCUT2D eigenvalue weighted by Gasteiger charge is -2.08. The normalized spacial score (nSPS) is 11.6. The molecule has 0 spiro atoms. The quantitative estimate of drug-likeness (QED) is 0.0364. The SMILES string of the molecule is CCCCCCCCCCCCCCCCCCOCCOCCOCCOCCOCCOCCCCCCI. The van der Waals surface area contributed by atoms with Crippen LogP contribution >= 0.6 is 22.6 Å². The van der Waals surface area contributed by atoms with Crippen LogP contribution in [0.15, 0.2) is 0 Å². The van der Waals surface area contributed by atoms with Gasteiger partial charge in [0.1, 0.15) is 0 Å². The van der Waals surface area contributed by atoms with E-state index >= 15 is 0 Å². The van der Waals surface area contributed by atoms with Gasteiger partial charge in [0, 0.05) is 13.2 Å². The van der Waals surface area contributed by atoms with Crippen LogP contribution in [0.4, 0.5) is 0 Å². The Labute approximate surface area is 269 Å². The summed E-state index contributed by atoms with van der Waals surface area (Å²) in [5.74, 6) is 0. The van der Waals surface area contributed by atoms with E-state index in [2.05, 4.69) is 29.5 Å². The Hall–Kier alpha value is 0.490. The standard InChI is InChI=1S/C34H69IO6/c1-2-3-4-5-6-7-8-9-10-11-12-13-14-15-17-20-23-36-25-27-38-29-31-40-33-34-41-32-30-39-28-26-37-24-21-18-16-19-22-35/h2-34H2,1H3. The molecular formula is C34H69IO6. The van der Waals surface area contributed by atoms with Crippen molar-refractivity contribution in [2.75, 3.05) is 83.7 Å². The van der Waals surface area contributed by atoms with Gasteiger partial charge < -0.3 is 28.4 Å². The summed E-state index contributed by atoms with van der Waals surface area (Å²) in [5.41, 5.74) is 0. The number of ether oxygens (including phenoxy) is 6. The predicted octanol–water partition coefficient (Wildman–Crippen LogP) is 9.34. The van der Waals surface area contributed by atoms with Crippen molar-refractivity contribution in [3.63, 3.8) is 0 Å². The van der Waals surface area contributed by atoms with Gasteiger partial charge in [-0.15, -0.1) is 0 Å². The molecule has 0 heterocycles. The predicted molar refractivity (Wildman–Crippen MR) is 182 cm³/mol. The maximum Gasteiger partial charge on any atom is 0.0701 e. The van der Waals surface area contributed by atoms with E-state index in [0.717, 1.165) is 19.6 Å². The van der Waals surface area contributed by atoms with Gasteiger partial charge in [-0.05, 0) is 23.7 Å². The summed E-state index contributed by atoms with van der Waals surface area (Å²) in [6.45, 7) is 10.1. The minimum absolute atomic E-state index is 0.583. The lowest BCUT2D eigenvalue weighted by Crippen LogP contribution is -2.14. The van der Waals surface area contributed by atoms with Gasteiger partial charge in [0.05, 0.1) is 66.1 Å². The second-order valence-corrected chi connectivity index (χ2v) is 12.2. The van der Waals surface area contributed by atoms with Gasteiger partial charge in [-0.25, -0.2) is 0 Å². The largest absolute Gasteiger partial charge is 0.379 e. The van der Waals surface area contributed by atoms with Crippen LogP contribution in [0.2, 0.25) is 0 Å². The first kappa shape index (κ1) is 41.5. The first-order chi connectivity index (χ1) is 20.4. The summed E-state index contributed by atoms with van der Waals surface area (Å²) < 4.78 is 34.6. The fraction of sp³-hybridized carbons (Fsp3) is 1.00. The van der Waals surface area contributed by atoms with Crippen molar-refractivity contribution in [1.29, 1.82) is 0 Å². The van der Waals surface area contributed by atoms with Crippen molar-refractivity contribution in [2.24, 2.45) is 0 Å². The van der Waals surface area contributed by atoms with E-state index in [1.165, 1.54) is 126 Å². The Kier molecular flexibility index (Phi) is 41.0. The van der Waals surface area contributed by atoms with Crippen molar-refractivity contribution in [3.8, 4) is 0 Å². The summed E-state index contributed by atoms with van der Waals surface area (Å²) >= 11 is 2.43. The fourth-order valence-electron chi connectivity index (χ4n) is 4.61. The van der Waals surface area contributed by atoms with Crippen LogP contribution in [0.3, 0.4) is 0 Å². The van der Waals surface area contributed by atoms with Crippen molar-refractivity contribution in [3.05, 3.63) is 0 Å². The molecule has 0 aromatic heterocycles. The summed E-state index contributed by atoms with van der Waals surface area (Å²) in [6.07, 6.45) is 27.4. The molecule has 7 heteroatoms. The Morgan fingerprint density at radius 3 is 0.756 bits per heavy atom. The Balaban J connectivity index is 3.02. The molecule has 0 radical (unpaired) electrons. The molecule has 0 aliphatic carbocycles. The molecule has 0 fully saturated rings. The lowest BCUT2D eigenvalue weighted by molar-refractivity contribution is -0.0169. The van der Waals surface area contributed by atoms with Crippen molar-refractivity contribution in [1.82, 2.24) is 0 Å².